The van der Waals surface area contributed by atoms with Crippen LogP contribution in [-0.2, 0) is 11.3 Å². The minimum Gasteiger partial charge on any atom is -0.508 e. The Balaban J connectivity index is 1.95. The second-order valence-electron chi connectivity index (χ2n) is 5.14. The Morgan fingerprint density at radius 1 is 1.14 bits per heavy atom. The molecular weight excluding hydrogens is 278 g/mol. The van der Waals surface area contributed by atoms with E-state index in [9.17, 15) is 9.90 Å². The summed E-state index contributed by atoms with van der Waals surface area (Å²) in [7, 11) is 1.62. The first-order chi connectivity index (χ1) is 10.7. The molecule has 22 heavy (non-hydrogen) atoms. The van der Waals surface area contributed by atoms with Crippen LogP contribution in [0.1, 0.15) is 17.5 Å². The summed E-state index contributed by atoms with van der Waals surface area (Å²) < 4.78 is 5.15. The van der Waals surface area contributed by atoms with Crippen molar-refractivity contribution in [3.05, 3.63) is 65.7 Å². The first-order valence-corrected chi connectivity index (χ1v) is 7.11. The predicted octanol–water partition coefficient (Wildman–Crippen LogP) is 3.53. The summed E-state index contributed by atoms with van der Waals surface area (Å²) in [5.74, 6) is 0.902. The minimum atomic E-state index is -0.0349. The number of hydrogen-bond donors (Lipinski definition) is 1. The molecule has 0 saturated heterocycles. The van der Waals surface area contributed by atoms with Crippen LogP contribution in [0.5, 0.6) is 5.75 Å². The van der Waals surface area contributed by atoms with Gasteiger partial charge < -0.3 is 14.7 Å². The number of anilines is 1. The van der Waals surface area contributed by atoms with Crippen molar-refractivity contribution in [3.63, 3.8) is 0 Å². The lowest BCUT2D eigenvalue weighted by atomic mass is 10.1. The summed E-state index contributed by atoms with van der Waals surface area (Å²) in [5, 5.41) is 10.1. The van der Waals surface area contributed by atoms with E-state index in [0.29, 0.717) is 12.1 Å². The summed E-state index contributed by atoms with van der Waals surface area (Å²) >= 11 is 0. The summed E-state index contributed by atoms with van der Waals surface area (Å²) in [6, 6.07) is 15.0. The van der Waals surface area contributed by atoms with Gasteiger partial charge in [0.15, 0.2) is 0 Å². The number of amides is 1. The lowest BCUT2D eigenvalue weighted by molar-refractivity contribution is -0.117. The van der Waals surface area contributed by atoms with E-state index >= 15 is 0 Å². The van der Waals surface area contributed by atoms with Gasteiger partial charge in [-0.3, -0.25) is 4.79 Å². The predicted molar refractivity (Wildman–Crippen MR) is 85.8 cm³/mol. The van der Waals surface area contributed by atoms with E-state index in [1.54, 1.807) is 18.1 Å². The van der Waals surface area contributed by atoms with Gasteiger partial charge in [-0.15, -0.1) is 0 Å². The summed E-state index contributed by atoms with van der Waals surface area (Å²) in [5.41, 5.74) is 2.42. The molecule has 0 aliphatic carbocycles. The lowest BCUT2D eigenvalue weighted by Crippen LogP contribution is -2.29. The number of benzene rings is 2. The molecular formula is C18H17NO3. The number of aliphatic hydroxyl groups is 1. The van der Waals surface area contributed by atoms with Crippen molar-refractivity contribution in [3.8, 4) is 5.75 Å². The zero-order valence-electron chi connectivity index (χ0n) is 12.3. The van der Waals surface area contributed by atoms with Crippen LogP contribution in [0.2, 0.25) is 0 Å². The summed E-state index contributed by atoms with van der Waals surface area (Å²) in [6.45, 7) is 0.459. The molecule has 1 heterocycles. The molecule has 0 saturated carbocycles. The minimum absolute atomic E-state index is 0.0349. The zero-order valence-corrected chi connectivity index (χ0v) is 12.3. The van der Waals surface area contributed by atoms with E-state index < -0.39 is 0 Å². The maximum absolute atomic E-state index is 12.4. The third-order valence-electron chi connectivity index (χ3n) is 3.74. The van der Waals surface area contributed by atoms with Gasteiger partial charge >= 0.3 is 0 Å². The van der Waals surface area contributed by atoms with Crippen molar-refractivity contribution in [2.24, 2.45) is 0 Å². The quantitative estimate of drug-likeness (QED) is 0.942. The van der Waals surface area contributed by atoms with Crippen LogP contribution in [0, 0.1) is 0 Å². The smallest absolute Gasteiger partial charge is 0.231 e. The molecule has 0 aromatic heterocycles. The molecule has 4 nitrogen and oxygen atoms in total. The van der Waals surface area contributed by atoms with Crippen molar-refractivity contribution in [2.45, 2.75) is 13.0 Å². The molecule has 1 aliphatic heterocycles. The molecule has 0 radical (unpaired) electrons. The Hall–Kier alpha value is -2.75. The monoisotopic (exact) mass is 295 g/mol. The van der Waals surface area contributed by atoms with Crippen molar-refractivity contribution in [1.82, 2.24) is 0 Å². The highest BCUT2D eigenvalue weighted by Crippen LogP contribution is 2.31. The molecule has 0 bridgehead atoms. The van der Waals surface area contributed by atoms with Gasteiger partial charge in [0.1, 0.15) is 11.5 Å². The van der Waals surface area contributed by atoms with Crippen LogP contribution in [0.15, 0.2) is 54.6 Å². The topological polar surface area (TPSA) is 49.8 Å². The van der Waals surface area contributed by atoms with Crippen LogP contribution >= 0.6 is 0 Å². The maximum atomic E-state index is 12.4. The number of fused-ring (bicyclic) bond motifs is 1. The molecule has 0 atom stereocenters. The van der Waals surface area contributed by atoms with Crippen molar-refractivity contribution >= 4 is 17.4 Å². The second-order valence-corrected chi connectivity index (χ2v) is 5.14. The average Bonchev–Trinajstić information content (AvgIpc) is 2.68. The first-order valence-electron chi connectivity index (χ1n) is 7.11. The van der Waals surface area contributed by atoms with Crippen LogP contribution in [0.3, 0.4) is 0 Å². The van der Waals surface area contributed by atoms with Crippen LogP contribution in [0.4, 0.5) is 5.69 Å². The number of nitrogens with zero attached hydrogens (tertiary/aromatic N) is 1. The molecule has 1 amide bonds. The largest absolute Gasteiger partial charge is 0.508 e. The van der Waals surface area contributed by atoms with E-state index in [-0.39, 0.29) is 18.1 Å². The van der Waals surface area contributed by atoms with E-state index in [0.717, 1.165) is 17.0 Å². The van der Waals surface area contributed by atoms with Gasteiger partial charge in [-0.25, -0.2) is 0 Å². The average molecular weight is 295 g/mol. The Bertz CT molecular complexity index is 719. The van der Waals surface area contributed by atoms with Gasteiger partial charge in [0.25, 0.3) is 0 Å². The van der Waals surface area contributed by atoms with Crippen molar-refractivity contribution in [1.29, 1.82) is 0 Å². The third kappa shape index (κ3) is 2.68. The molecule has 1 aliphatic rings. The standard InChI is InChI=1S/C18H17NO3/c1-22-14-8-6-13(7-9-14)12-19-16-5-3-2-4-15(16)17(20)10-11-18(19)21/h2-10,20H,11-12H2,1H3. The molecule has 4 heteroatoms. The maximum Gasteiger partial charge on any atom is 0.231 e. The van der Waals surface area contributed by atoms with Gasteiger partial charge in [0, 0.05) is 12.0 Å². The number of aliphatic hydroxyl groups excluding tert-OH is 1. The Kier molecular flexibility index (Phi) is 3.83. The Morgan fingerprint density at radius 2 is 1.86 bits per heavy atom. The normalized spacial score (nSPS) is 14.1. The third-order valence-corrected chi connectivity index (χ3v) is 3.74. The molecule has 2 aromatic rings. The van der Waals surface area contributed by atoms with E-state index in [1.165, 1.54) is 0 Å². The number of para-hydroxylation sites is 1. The van der Waals surface area contributed by atoms with Crippen molar-refractivity contribution < 1.29 is 14.6 Å². The van der Waals surface area contributed by atoms with E-state index in [4.69, 9.17) is 4.74 Å². The molecule has 1 N–H and O–H groups in total. The summed E-state index contributed by atoms with van der Waals surface area (Å²) in [6.07, 6.45) is 1.76. The SMILES string of the molecule is COc1ccc(CN2C(=O)CC=C(O)c3ccccc32)cc1. The fourth-order valence-electron chi connectivity index (χ4n) is 2.55. The zero-order chi connectivity index (χ0) is 15.5. The Morgan fingerprint density at radius 3 is 2.59 bits per heavy atom. The number of carbonyl (C=O) groups excluding carboxylic acids is 1. The van der Waals surface area contributed by atoms with Crippen LogP contribution < -0.4 is 9.64 Å². The molecule has 112 valence electrons. The highest BCUT2D eigenvalue weighted by molar-refractivity contribution is 5.99. The van der Waals surface area contributed by atoms with Crippen LogP contribution in [-0.4, -0.2) is 18.1 Å². The number of carbonyl (C=O) groups is 1. The lowest BCUT2D eigenvalue weighted by Gasteiger charge is -2.23. The van der Waals surface area contributed by atoms with E-state index in [2.05, 4.69) is 0 Å². The number of methoxy groups -OCH3 is 1. The summed E-state index contributed by atoms with van der Waals surface area (Å²) in [4.78, 5) is 14.1. The fourth-order valence-corrected chi connectivity index (χ4v) is 2.55. The van der Waals surface area contributed by atoms with E-state index in [1.807, 2.05) is 48.5 Å². The van der Waals surface area contributed by atoms with Gasteiger partial charge in [-0.05, 0) is 35.9 Å². The fraction of sp³-hybridized carbons (Fsp3) is 0.167. The van der Waals surface area contributed by atoms with Gasteiger partial charge in [0.2, 0.25) is 5.91 Å². The molecule has 0 spiro atoms. The van der Waals surface area contributed by atoms with Gasteiger partial charge in [-0.2, -0.15) is 0 Å². The second kappa shape index (κ2) is 5.93. The molecule has 0 unspecified atom stereocenters. The molecule has 3 rings (SSSR count). The molecule has 2 aromatic carbocycles. The van der Waals surface area contributed by atoms with Gasteiger partial charge in [-0.1, -0.05) is 24.3 Å². The first kappa shape index (κ1) is 14.2. The van der Waals surface area contributed by atoms with Gasteiger partial charge in [0.05, 0.1) is 19.3 Å². The van der Waals surface area contributed by atoms with Crippen LogP contribution in [0.25, 0.3) is 5.76 Å². The number of rotatable bonds is 3. The highest BCUT2D eigenvalue weighted by Gasteiger charge is 2.22. The molecule has 0 fully saturated rings. The number of ether oxygens (including phenoxy) is 1. The van der Waals surface area contributed by atoms with Crippen molar-refractivity contribution in [2.75, 3.05) is 12.0 Å². The Labute approximate surface area is 129 Å². The number of hydrogen-bond acceptors (Lipinski definition) is 3. The highest BCUT2D eigenvalue weighted by atomic mass is 16.5.